The van der Waals surface area contributed by atoms with Crippen LogP contribution in [0.3, 0.4) is 0 Å². The fraction of sp³-hybridized carbons (Fsp3) is 0.440. The van der Waals surface area contributed by atoms with Crippen molar-refractivity contribution in [2.75, 3.05) is 25.1 Å². The van der Waals surface area contributed by atoms with Gasteiger partial charge in [0.15, 0.2) is 0 Å². The first-order valence-electron chi connectivity index (χ1n) is 11.6. The van der Waals surface area contributed by atoms with E-state index in [-0.39, 0.29) is 23.1 Å². The molecule has 2 aromatic rings. The van der Waals surface area contributed by atoms with E-state index in [2.05, 4.69) is 5.32 Å². The molecule has 0 unspecified atom stereocenters. The zero-order valence-electron chi connectivity index (χ0n) is 19.6. The van der Waals surface area contributed by atoms with Crippen LogP contribution in [0.4, 0.5) is 5.69 Å². The number of ether oxygens (including phenoxy) is 1. The van der Waals surface area contributed by atoms with Gasteiger partial charge in [-0.1, -0.05) is 25.0 Å². The Bertz CT molecular complexity index is 1160. The molecule has 0 aliphatic carbocycles. The van der Waals surface area contributed by atoms with Crippen molar-refractivity contribution in [1.82, 2.24) is 9.62 Å². The Morgan fingerprint density at radius 1 is 1.03 bits per heavy atom. The van der Waals surface area contributed by atoms with Crippen LogP contribution in [0.1, 0.15) is 43.7 Å². The lowest BCUT2D eigenvalue weighted by Gasteiger charge is -2.24. The number of anilines is 1. The molecule has 1 N–H and O–H groups in total. The minimum atomic E-state index is -3.62. The Morgan fingerprint density at radius 3 is 2.32 bits per heavy atom. The molecule has 0 bridgehead atoms. The molecular weight excluding hydrogens is 454 g/mol. The van der Waals surface area contributed by atoms with Gasteiger partial charge in [-0.15, -0.1) is 0 Å². The minimum absolute atomic E-state index is 0.218. The molecule has 2 aliphatic heterocycles. The van der Waals surface area contributed by atoms with Gasteiger partial charge in [0.1, 0.15) is 11.8 Å². The van der Waals surface area contributed by atoms with Crippen LogP contribution < -0.4 is 15.0 Å². The lowest BCUT2D eigenvalue weighted by molar-refractivity contribution is -0.125. The first-order valence-corrected chi connectivity index (χ1v) is 13.1. The Labute approximate surface area is 200 Å². The van der Waals surface area contributed by atoms with Crippen molar-refractivity contribution in [3.63, 3.8) is 0 Å². The van der Waals surface area contributed by atoms with E-state index in [0.717, 1.165) is 37.0 Å². The molecule has 0 spiro atoms. The summed E-state index contributed by atoms with van der Waals surface area (Å²) in [5, 5.41) is 2.90. The van der Waals surface area contributed by atoms with Gasteiger partial charge < -0.3 is 10.1 Å². The van der Waals surface area contributed by atoms with E-state index in [1.54, 1.807) is 29.6 Å². The van der Waals surface area contributed by atoms with Crippen LogP contribution in [0.15, 0.2) is 47.4 Å². The summed E-state index contributed by atoms with van der Waals surface area (Å²) in [4.78, 5) is 27.2. The van der Waals surface area contributed by atoms with Crippen LogP contribution in [0.5, 0.6) is 5.75 Å². The quantitative estimate of drug-likeness (QED) is 0.679. The van der Waals surface area contributed by atoms with E-state index < -0.39 is 16.1 Å². The number of hydrogen-bond donors (Lipinski definition) is 1. The van der Waals surface area contributed by atoms with Gasteiger partial charge in [-0.2, -0.15) is 4.31 Å². The molecule has 34 heavy (non-hydrogen) atoms. The number of benzene rings is 2. The second kappa shape index (κ2) is 10.1. The average Bonchev–Trinajstić information content (AvgIpc) is 3.00. The number of fused-ring (bicyclic) bond motifs is 1. The Balaban J connectivity index is 1.52. The second-order valence-corrected chi connectivity index (χ2v) is 10.7. The van der Waals surface area contributed by atoms with Gasteiger partial charge in [0, 0.05) is 38.7 Å². The van der Waals surface area contributed by atoms with E-state index >= 15 is 0 Å². The molecule has 0 saturated carbocycles. The fourth-order valence-electron chi connectivity index (χ4n) is 4.67. The first kappa shape index (κ1) is 24.2. The Hall–Kier alpha value is -2.91. The van der Waals surface area contributed by atoms with Crippen LogP contribution in [0, 0.1) is 0 Å². The maximum absolute atomic E-state index is 13.2. The van der Waals surface area contributed by atoms with E-state index in [0.29, 0.717) is 30.9 Å². The van der Waals surface area contributed by atoms with Gasteiger partial charge >= 0.3 is 0 Å². The van der Waals surface area contributed by atoms with Crippen LogP contribution in [0.2, 0.25) is 0 Å². The predicted octanol–water partition coefficient (Wildman–Crippen LogP) is 2.85. The molecule has 2 heterocycles. The molecule has 9 heteroatoms. The third-order valence-corrected chi connectivity index (χ3v) is 8.40. The van der Waals surface area contributed by atoms with Crippen LogP contribution >= 0.6 is 0 Å². The number of nitrogens with zero attached hydrogens (tertiary/aromatic N) is 2. The Morgan fingerprint density at radius 2 is 1.71 bits per heavy atom. The molecule has 1 saturated heterocycles. The summed E-state index contributed by atoms with van der Waals surface area (Å²) in [5.41, 5.74) is 2.19. The highest BCUT2D eigenvalue weighted by Gasteiger charge is 2.38. The van der Waals surface area contributed by atoms with Crippen molar-refractivity contribution in [3.8, 4) is 5.75 Å². The highest BCUT2D eigenvalue weighted by molar-refractivity contribution is 7.89. The minimum Gasteiger partial charge on any atom is -0.497 e. The lowest BCUT2D eigenvalue weighted by atomic mass is 10.1. The zero-order valence-corrected chi connectivity index (χ0v) is 20.4. The van der Waals surface area contributed by atoms with Crippen LogP contribution in [-0.4, -0.2) is 50.8 Å². The van der Waals surface area contributed by atoms with Crippen molar-refractivity contribution in [2.24, 2.45) is 0 Å². The highest BCUT2D eigenvalue weighted by Crippen LogP contribution is 2.35. The molecule has 0 radical (unpaired) electrons. The summed E-state index contributed by atoms with van der Waals surface area (Å²) in [6.45, 7) is 2.78. The lowest BCUT2D eigenvalue weighted by Crippen LogP contribution is -2.47. The SMILES string of the molecule is COc1ccc(CNC(=O)[C@@H]2Cc3cc(S(=O)(=O)N4CCCCCC4)ccc3N2C(C)=O)cc1. The largest absolute Gasteiger partial charge is 0.497 e. The zero-order chi connectivity index (χ0) is 24.3. The summed E-state index contributed by atoms with van der Waals surface area (Å²) in [5.74, 6) is 0.195. The standard InChI is InChI=1S/C25H31N3O5S/c1-18(29)28-23-12-11-22(34(31,32)27-13-5-3-4-6-14-27)15-20(23)16-24(28)25(30)26-17-19-7-9-21(33-2)10-8-19/h7-12,15,24H,3-6,13-14,16-17H2,1-2H3,(H,26,30)/t24-/m0/s1. The van der Waals surface area contributed by atoms with Crippen molar-refractivity contribution in [3.05, 3.63) is 53.6 Å². The number of hydrogen-bond acceptors (Lipinski definition) is 5. The number of sulfonamides is 1. The predicted molar refractivity (Wildman–Crippen MR) is 129 cm³/mol. The fourth-order valence-corrected chi connectivity index (χ4v) is 6.24. The second-order valence-electron chi connectivity index (χ2n) is 8.78. The van der Waals surface area contributed by atoms with Gasteiger partial charge in [-0.05, 0) is 54.3 Å². The summed E-state index contributed by atoms with van der Waals surface area (Å²) in [6.07, 6.45) is 4.07. The average molecular weight is 486 g/mol. The number of carbonyl (C=O) groups excluding carboxylic acids is 2. The molecule has 4 rings (SSSR count). The maximum Gasteiger partial charge on any atom is 0.243 e. The molecule has 8 nitrogen and oxygen atoms in total. The molecule has 1 atom stereocenters. The number of nitrogens with one attached hydrogen (secondary N) is 1. The summed E-state index contributed by atoms with van der Waals surface area (Å²) in [6, 6.07) is 11.5. The van der Waals surface area contributed by atoms with E-state index in [1.165, 1.54) is 11.8 Å². The van der Waals surface area contributed by atoms with Gasteiger partial charge in [0.2, 0.25) is 21.8 Å². The van der Waals surface area contributed by atoms with Crippen LogP contribution in [0.25, 0.3) is 0 Å². The number of amides is 2. The monoisotopic (exact) mass is 485 g/mol. The normalized spacial score (nSPS) is 18.8. The van der Waals surface area contributed by atoms with Crippen molar-refractivity contribution >= 4 is 27.5 Å². The smallest absolute Gasteiger partial charge is 0.243 e. The summed E-state index contributed by atoms with van der Waals surface area (Å²) in [7, 11) is -2.02. The third-order valence-electron chi connectivity index (χ3n) is 6.51. The van der Waals surface area contributed by atoms with E-state index in [4.69, 9.17) is 4.74 Å². The molecule has 182 valence electrons. The van der Waals surface area contributed by atoms with Crippen molar-refractivity contribution in [2.45, 2.75) is 56.5 Å². The van der Waals surface area contributed by atoms with Gasteiger partial charge in [-0.3, -0.25) is 14.5 Å². The molecule has 2 aromatic carbocycles. The molecule has 2 amide bonds. The Kier molecular flexibility index (Phi) is 7.23. The maximum atomic E-state index is 13.2. The molecule has 1 fully saturated rings. The number of rotatable bonds is 6. The molecule has 2 aliphatic rings. The van der Waals surface area contributed by atoms with E-state index in [9.17, 15) is 18.0 Å². The van der Waals surface area contributed by atoms with Crippen molar-refractivity contribution < 1.29 is 22.7 Å². The van der Waals surface area contributed by atoms with E-state index in [1.807, 2.05) is 24.3 Å². The molecular formula is C25H31N3O5S. The third kappa shape index (κ3) is 4.95. The number of methoxy groups -OCH3 is 1. The first-order chi connectivity index (χ1) is 16.3. The van der Waals surface area contributed by atoms with Crippen LogP contribution in [-0.2, 0) is 32.6 Å². The topological polar surface area (TPSA) is 96.0 Å². The van der Waals surface area contributed by atoms with Gasteiger partial charge in [0.05, 0.1) is 12.0 Å². The van der Waals surface area contributed by atoms with Gasteiger partial charge in [0.25, 0.3) is 0 Å². The molecule has 0 aromatic heterocycles. The van der Waals surface area contributed by atoms with Crippen molar-refractivity contribution in [1.29, 1.82) is 0 Å². The number of carbonyl (C=O) groups is 2. The highest BCUT2D eigenvalue weighted by atomic mass is 32.2. The summed E-state index contributed by atoms with van der Waals surface area (Å²) < 4.78 is 33.2. The summed E-state index contributed by atoms with van der Waals surface area (Å²) >= 11 is 0. The van der Waals surface area contributed by atoms with Gasteiger partial charge in [-0.25, -0.2) is 8.42 Å².